The van der Waals surface area contributed by atoms with Crippen LogP contribution in [0.25, 0.3) is 0 Å². The summed E-state index contributed by atoms with van der Waals surface area (Å²) < 4.78 is 0. The van der Waals surface area contributed by atoms with Gasteiger partial charge in [-0.2, -0.15) is 11.8 Å². The molecule has 18 heavy (non-hydrogen) atoms. The zero-order valence-electron chi connectivity index (χ0n) is 11.0. The summed E-state index contributed by atoms with van der Waals surface area (Å²) in [5.74, 6) is 0.278. The Labute approximate surface area is 112 Å². The van der Waals surface area contributed by atoms with Crippen LogP contribution < -0.4 is 4.90 Å². The summed E-state index contributed by atoms with van der Waals surface area (Å²) in [7, 11) is 0. The highest BCUT2D eigenvalue weighted by Crippen LogP contribution is 2.30. The van der Waals surface area contributed by atoms with Crippen LogP contribution in [0.4, 0.5) is 5.69 Å². The molecule has 1 aliphatic rings. The van der Waals surface area contributed by atoms with Crippen molar-refractivity contribution in [2.75, 3.05) is 17.2 Å². The number of anilines is 1. The minimum Gasteiger partial charge on any atom is -0.478 e. The predicted molar refractivity (Wildman–Crippen MR) is 76.9 cm³/mol. The Balaban J connectivity index is 2.28. The van der Waals surface area contributed by atoms with E-state index in [9.17, 15) is 4.79 Å². The molecule has 3 nitrogen and oxygen atoms in total. The van der Waals surface area contributed by atoms with Gasteiger partial charge in [-0.15, -0.1) is 0 Å². The molecule has 0 radical (unpaired) electrons. The van der Waals surface area contributed by atoms with Crippen molar-refractivity contribution >= 4 is 23.4 Å². The van der Waals surface area contributed by atoms with Gasteiger partial charge in [-0.25, -0.2) is 4.79 Å². The monoisotopic (exact) mass is 265 g/mol. The second-order valence-electron chi connectivity index (χ2n) is 4.81. The second-order valence-corrected chi connectivity index (χ2v) is 6.30. The number of nitrogens with zero attached hydrogens (tertiary/aromatic N) is 1. The van der Waals surface area contributed by atoms with Crippen molar-refractivity contribution < 1.29 is 9.90 Å². The number of carboxylic acid groups (broad SMARTS) is 1. The van der Waals surface area contributed by atoms with Crippen molar-refractivity contribution in [2.45, 2.75) is 32.1 Å². The summed E-state index contributed by atoms with van der Waals surface area (Å²) in [5, 5.41) is 9.65. The Morgan fingerprint density at radius 1 is 1.44 bits per heavy atom. The third-order valence-corrected chi connectivity index (χ3v) is 4.99. The third kappa shape index (κ3) is 2.48. The predicted octanol–water partition coefficient (Wildman–Crippen LogP) is 3.02. The van der Waals surface area contributed by atoms with E-state index in [-0.39, 0.29) is 0 Å². The second kappa shape index (κ2) is 5.22. The zero-order chi connectivity index (χ0) is 13.3. The number of hydrogen-bond acceptors (Lipinski definition) is 3. The van der Waals surface area contributed by atoms with Crippen LogP contribution in [-0.2, 0) is 0 Å². The molecule has 0 bridgehead atoms. The standard InChI is InChI=1S/C14H19NO2S/c1-9-8-12(4-5-13(9)14(16)17)15-6-7-18-11(3)10(15)2/h4-5,8,10-11H,6-7H2,1-3H3,(H,16,17). The normalized spacial score (nSPS) is 24.1. The lowest BCUT2D eigenvalue weighted by Crippen LogP contribution is -2.44. The zero-order valence-corrected chi connectivity index (χ0v) is 11.8. The van der Waals surface area contributed by atoms with Crippen LogP contribution >= 0.6 is 11.8 Å². The van der Waals surface area contributed by atoms with Gasteiger partial charge in [0.25, 0.3) is 0 Å². The van der Waals surface area contributed by atoms with Gasteiger partial charge in [0.2, 0.25) is 0 Å². The van der Waals surface area contributed by atoms with Crippen LogP contribution in [0.1, 0.15) is 29.8 Å². The van der Waals surface area contributed by atoms with Crippen LogP contribution in [0.15, 0.2) is 18.2 Å². The first kappa shape index (κ1) is 13.3. The number of thioether (sulfide) groups is 1. The fourth-order valence-electron chi connectivity index (χ4n) is 2.36. The first-order chi connectivity index (χ1) is 8.50. The Morgan fingerprint density at radius 2 is 2.17 bits per heavy atom. The lowest BCUT2D eigenvalue weighted by atomic mass is 10.1. The summed E-state index contributed by atoms with van der Waals surface area (Å²) in [5.41, 5.74) is 2.36. The molecule has 2 unspecified atom stereocenters. The molecule has 4 heteroatoms. The van der Waals surface area contributed by atoms with E-state index in [1.807, 2.05) is 30.8 Å². The minimum atomic E-state index is -0.852. The molecule has 1 fully saturated rings. The van der Waals surface area contributed by atoms with Crippen molar-refractivity contribution in [1.82, 2.24) is 0 Å². The fraction of sp³-hybridized carbons (Fsp3) is 0.500. The summed E-state index contributed by atoms with van der Waals surface area (Å²) in [4.78, 5) is 13.4. The summed E-state index contributed by atoms with van der Waals surface area (Å²) >= 11 is 2.00. The largest absolute Gasteiger partial charge is 0.478 e. The van der Waals surface area contributed by atoms with E-state index in [0.29, 0.717) is 16.9 Å². The van der Waals surface area contributed by atoms with Crippen LogP contribution in [-0.4, -0.2) is 34.7 Å². The fourth-order valence-corrected chi connectivity index (χ4v) is 3.46. The van der Waals surface area contributed by atoms with Gasteiger partial charge in [-0.1, -0.05) is 6.92 Å². The Hall–Kier alpha value is -1.16. The molecule has 0 spiro atoms. The summed E-state index contributed by atoms with van der Waals surface area (Å²) in [6, 6.07) is 6.11. The molecule has 0 aliphatic carbocycles. The van der Waals surface area contributed by atoms with Crippen molar-refractivity contribution in [3.63, 3.8) is 0 Å². The van der Waals surface area contributed by atoms with Gasteiger partial charge in [0.05, 0.1) is 5.56 Å². The van der Waals surface area contributed by atoms with Gasteiger partial charge in [0.1, 0.15) is 0 Å². The number of rotatable bonds is 2. The molecule has 2 atom stereocenters. The van der Waals surface area contributed by atoms with Gasteiger partial charge in [0, 0.05) is 29.3 Å². The maximum atomic E-state index is 11.0. The van der Waals surface area contributed by atoms with E-state index in [1.54, 1.807) is 6.07 Å². The number of hydrogen-bond donors (Lipinski definition) is 1. The molecular weight excluding hydrogens is 246 g/mol. The topological polar surface area (TPSA) is 40.5 Å². The average Bonchev–Trinajstić information content (AvgIpc) is 2.32. The molecule has 0 aromatic heterocycles. The van der Waals surface area contributed by atoms with E-state index in [0.717, 1.165) is 23.5 Å². The Morgan fingerprint density at radius 3 is 2.78 bits per heavy atom. The van der Waals surface area contributed by atoms with Gasteiger partial charge < -0.3 is 10.0 Å². The highest BCUT2D eigenvalue weighted by Gasteiger charge is 2.25. The molecule has 0 saturated carbocycles. The summed E-state index contributed by atoms with van der Waals surface area (Å²) in [6.07, 6.45) is 0. The third-order valence-electron chi connectivity index (χ3n) is 3.66. The van der Waals surface area contributed by atoms with Crippen molar-refractivity contribution in [3.8, 4) is 0 Å². The smallest absolute Gasteiger partial charge is 0.335 e. The van der Waals surface area contributed by atoms with Crippen molar-refractivity contribution in [3.05, 3.63) is 29.3 Å². The van der Waals surface area contributed by atoms with Crippen LogP contribution in [0.2, 0.25) is 0 Å². The number of aryl methyl sites for hydroxylation is 1. The van der Waals surface area contributed by atoms with Crippen molar-refractivity contribution in [2.24, 2.45) is 0 Å². The molecule has 1 heterocycles. The van der Waals surface area contributed by atoms with Crippen LogP contribution in [0, 0.1) is 6.92 Å². The molecule has 1 aliphatic heterocycles. The number of carbonyl (C=O) groups is 1. The van der Waals surface area contributed by atoms with Gasteiger partial charge in [-0.3, -0.25) is 0 Å². The molecule has 1 aromatic rings. The van der Waals surface area contributed by atoms with Crippen LogP contribution in [0.5, 0.6) is 0 Å². The first-order valence-corrected chi connectivity index (χ1v) is 7.27. The van der Waals surface area contributed by atoms with Gasteiger partial charge in [0.15, 0.2) is 0 Å². The van der Waals surface area contributed by atoms with E-state index in [4.69, 9.17) is 5.11 Å². The van der Waals surface area contributed by atoms with Crippen molar-refractivity contribution in [1.29, 1.82) is 0 Å². The number of aromatic carboxylic acids is 1. The van der Waals surface area contributed by atoms with Crippen LogP contribution in [0.3, 0.4) is 0 Å². The summed E-state index contributed by atoms with van der Waals surface area (Å²) in [6.45, 7) is 7.37. The maximum absolute atomic E-state index is 11.0. The van der Waals surface area contributed by atoms with Gasteiger partial charge >= 0.3 is 5.97 Å². The molecule has 1 saturated heterocycles. The lowest BCUT2D eigenvalue weighted by molar-refractivity contribution is 0.0696. The van der Waals surface area contributed by atoms with E-state index >= 15 is 0 Å². The number of carboxylic acids is 1. The highest BCUT2D eigenvalue weighted by molar-refractivity contribution is 8.00. The molecular formula is C14H19NO2S. The SMILES string of the molecule is Cc1cc(N2CCSC(C)C2C)ccc1C(=O)O. The van der Waals surface area contributed by atoms with E-state index in [1.165, 1.54) is 0 Å². The molecule has 0 amide bonds. The highest BCUT2D eigenvalue weighted by atomic mass is 32.2. The lowest BCUT2D eigenvalue weighted by Gasteiger charge is -2.39. The maximum Gasteiger partial charge on any atom is 0.335 e. The number of benzene rings is 1. The molecule has 1 aromatic carbocycles. The van der Waals surface area contributed by atoms with Gasteiger partial charge in [-0.05, 0) is 37.6 Å². The minimum absolute atomic E-state index is 0.394. The molecule has 98 valence electrons. The van der Waals surface area contributed by atoms with E-state index < -0.39 is 5.97 Å². The Bertz CT molecular complexity index is 461. The quantitative estimate of drug-likeness (QED) is 0.892. The molecule has 1 N–H and O–H groups in total. The average molecular weight is 265 g/mol. The first-order valence-electron chi connectivity index (χ1n) is 6.23. The molecule has 2 rings (SSSR count). The Kier molecular flexibility index (Phi) is 3.85. The van der Waals surface area contributed by atoms with E-state index in [2.05, 4.69) is 18.7 Å².